The van der Waals surface area contributed by atoms with Gasteiger partial charge in [0.05, 0.1) is 6.21 Å². The topological polar surface area (TPSA) is 121 Å². The van der Waals surface area contributed by atoms with Gasteiger partial charge in [0.15, 0.2) is 16.7 Å². The third kappa shape index (κ3) is 7.11. The molecule has 0 radical (unpaired) electrons. The van der Waals surface area contributed by atoms with E-state index in [1.807, 2.05) is 39.0 Å². The monoisotopic (exact) mass is 402 g/mol. The first-order valence-corrected chi connectivity index (χ1v) is 9.18. The van der Waals surface area contributed by atoms with E-state index in [9.17, 15) is 17.8 Å². The Balaban J connectivity index is 0.00000364. The molecule has 0 saturated carbocycles. The summed E-state index contributed by atoms with van der Waals surface area (Å²) in [4.78, 5) is 11.8. The van der Waals surface area contributed by atoms with Gasteiger partial charge in [-0.15, -0.1) is 0 Å². The molecule has 10 heteroatoms. The van der Waals surface area contributed by atoms with Crippen molar-refractivity contribution in [3.63, 3.8) is 0 Å². The summed E-state index contributed by atoms with van der Waals surface area (Å²) in [6.45, 7) is 5.75. The van der Waals surface area contributed by atoms with Gasteiger partial charge in [0, 0.05) is 0 Å². The zero-order chi connectivity index (χ0) is 19.3. The van der Waals surface area contributed by atoms with Crippen LogP contribution in [0.1, 0.15) is 36.7 Å². The van der Waals surface area contributed by atoms with Gasteiger partial charge in [0.2, 0.25) is 5.09 Å². The van der Waals surface area contributed by atoms with Crippen LogP contribution < -0.4 is 39.7 Å². The van der Waals surface area contributed by atoms with Crippen LogP contribution in [-0.4, -0.2) is 31.7 Å². The van der Waals surface area contributed by atoms with E-state index in [4.69, 9.17) is 9.15 Å². The summed E-state index contributed by atoms with van der Waals surface area (Å²) in [5.74, 6) is 0.398. The van der Waals surface area contributed by atoms with Crippen LogP contribution in [-0.2, 0) is 14.9 Å². The zero-order valence-electron chi connectivity index (χ0n) is 15.6. The fourth-order valence-electron chi connectivity index (χ4n) is 2.13. The van der Waals surface area contributed by atoms with Crippen LogP contribution in [0.4, 0.5) is 0 Å². The number of carbonyl (C=O) groups excluding carboxylic acids is 1. The van der Waals surface area contributed by atoms with Crippen LogP contribution in [0.5, 0.6) is 5.75 Å². The summed E-state index contributed by atoms with van der Waals surface area (Å²) >= 11 is 0. The SMILES string of the molecule is Cc1ccc(C(C)C)c(OCC(=O)NN=Cc2ccc(S(=O)(=O)[O-])o2)c1.[Na+]. The predicted molar refractivity (Wildman–Crippen MR) is 93.2 cm³/mol. The molecule has 0 aliphatic heterocycles. The molecule has 0 aliphatic rings. The van der Waals surface area contributed by atoms with Crippen molar-refractivity contribution >= 4 is 22.2 Å². The minimum atomic E-state index is -4.66. The molecule has 1 amide bonds. The van der Waals surface area contributed by atoms with Gasteiger partial charge in [0.1, 0.15) is 11.5 Å². The van der Waals surface area contributed by atoms with Gasteiger partial charge in [-0.05, 0) is 42.2 Å². The molecule has 1 aromatic carbocycles. The Morgan fingerprint density at radius 3 is 2.63 bits per heavy atom. The van der Waals surface area contributed by atoms with Crippen molar-refractivity contribution in [3.8, 4) is 5.75 Å². The van der Waals surface area contributed by atoms with Crippen molar-refractivity contribution in [1.29, 1.82) is 0 Å². The Labute approximate surface area is 180 Å². The van der Waals surface area contributed by atoms with E-state index in [0.717, 1.165) is 23.4 Å². The van der Waals surface area contributed by atoms with E-state index in [1.54, 1.807) is 0 Å². The van der Waals surface area contributed by atoms with Crippen molar-refractivity contribution in [1.82, 2.24) is 5.43 Å². The fraction of sp³-hybridized carbons (Fsp3) is 0.294. The van der Waals surface area contributed by atoms with E-state index in [2.05, 4.69) is 10.5 Å². The van der Waals surface area contributed by atoms with E-state index in [-0.39, 0.29) is 47.8 Å². The Morgan fingerprint density at radius 1 is 1.33 bits per heavy atom. The minimum Gasteiger partial charge on any atom is -0.742 e. The summed E-state index contributed by atoms with van der Waals surface area (Å²) < 4.78 is 42.6. The average molecular weight is 402 g/mol. The van der Waals surface area contributed by atoms with Crippen molar-refractivity contribution in [2.45, 2.75) is 31.8 Å². The number of rotatable bonds is 7. The molecule has 2 rings (SSSR count). The van der Waals surface area contributed by atoms with Crippen LogP contribution in [0.2, 0.25) is 0 Å². The number of nitrogens with one attached hydrogen (secondary N) is 1. The molecule has 27 heavy (non-hydrogen) atoms. The number of ether oxygens (including phenoxy) is 1. The third-order valence-electron chi connectivity index (χ3n) is 3.38. The van der Waals surface area contributed by atoms with Gasteiger partial charge in [-0.25, -0.2) is 13.8 Å². The number of hydrazone groups is 1. The quantitative estimate of drug-likeness (QED) is 0.279. The zero-order valence-corrected chi connectivity index (χ0v) is 18.4. The maximum absolute atomic E-state index is 11.8. The van der Waals surface area contributed by atoms with Crippen molar-refractivity contribution in [3.05, 3.63) is 47.2 Å². The number of hydrogen-bond acceptors (Lipinski definition) is 7. The van der Waals surface area contributed by atoms with Crippen molar-refractivity contribution in [2.75, 3.05) is 6.61 Å². The number of benzene rings is 1. The summed E-state index contributed by atoms with van der Waals surface area (Å²) in [5.41, 5.74) is 4.24. The Morgan fingerprint density at radius 2 is 2.04 bits per heavy atom. The summed E-state index contributed by atoms with van der Waals surface area (Å²) in [5, 5.41) is 2.92. The second-order valence-electron chi connectivity index (χ2n) is 5.89. The molecule has 1 aromatic heterocycles. The summed E-state index contributed by atoms with van der Waals surface area (Å²) in [7, 11) is -4.66. The summed E-state index contributed by atoms with van der Waals surface area (Å²) in [6, 6.07) is 8.06. The maximum Gasteiger partial charge on any atom is 1.00 e. The normalized spacial score (nSPS) is 11.4. The number of aryl methyl sites for hydroxylation is 1. The second kappa shape index (κ2) is 10.0. The number of furan rings is 1. The first-order valence-electron chi connectivity index (χ1n) is 7.78. The number of nitrogens with zero attached hydrogens (tertiary/aromatic N) is 1. The van der Waals surface area contributed by atoms with Crippen LogP contribution in [0.15, 0.2) is 44.9 Å². The number of carbonyl (C=O) groups is 1. The second-order valence-corrected chi connectivity index (χ2v) is 7.20. The third-order valence-corrected chi connectivity index (χ3v) is 4.09. The van der Waals surface area contributed by atoms with E-state index in [1.165, 1.54) is 6.07 Å². The molecule has 0 fully saturated rings. The van der Waals surface area contributed by atoms with Crippen LogP contribution in [0.3, 0.4) is 0 Å². The van der Waals surface area contributed by atoms with Crippen molar-refractivity contribution < 1.29 is 56.5 Å². The molecule has 2 aromatic rings. The summed E-state index contributed by atoms with van der Waals surface area (Å²) in [6.07, 6.45) is 1.08. The molecule has 1 heterocycles. The molecule has 140 valence electrons. The molecule has 1 N–H and O–H groups in total. The van der Waals surface area contributed by atoms with Gasteiger partial charge < -0.3 is 13.7 Å². The first-order chi connectivity index (χ1) is 12.2. The van der Waals surface area contributed by atoms with E-state index >= 15 is 0 Å². The maximum atomic E-state index is 11.8. The molecule has 0 saturated heterocycles. The number of amides is 1. The Bertz CT molecular complexity index is 921. The first kappa shape index (κ1) is 23.4. The smallest absolute Gasteiger partial charge is 0.742 e. The molecule has 8 nitrogen and oxygen atoms in total. The van der Waals surface area contributed by atoms with Crippen LogP contribution in [0, 0.1) is 6.92 Å². The van der Waals surface area contributed by atoms with Gasteiger partial charge in [-0.2, -0.15) is 5.10 Å². The van der Waals surface area contributed by atoms with E-state index < -0.39 is 21.1 Å². The van der Waals surface area contributed by atoms with Gasteiger partial charge in [0.25, 0.3) is 5.91 Å². The molecule has 0 unspecified atom stereocenters. The van der Waals surface area contributed by atoms with Crippen LogP contribution >= 0.6 is 0 Å². The molecular formula is C17H19N2NaO6S. The fourth-order valence-corrected chi connectivity index (χ4v) is 2.56. The van der Waals surface area contributed by atoms with Gasteiger partial charge in [-0.3, -0.25) is 4.79 Å². The Kier molecular flexibility index (Phi) is 8.70. The largest absolute Gasteiger partial charge is 1.00 e. The molecule has 0 spiro atoms. The molecule has 0 atom stereocenters. The predicted octanol–water partition coefficient (Wildman–Crippen LogP) is -0.851. The Hall–Kier alpha value is -1.65. The van der Waals surface area contributed by atoms with Gasteiger partial charge in [-0.1, -0.05) is 26.0 Å². The van der Waals surface area contributed by atoms with Crippen molar-refractivity contribution in [2.24, 2.45) is 5.10 Å². The molecular weight excluding hydrogens is 383 g/mol. The minimum absolute atomic E-state index is 0. The van der Waals surface area contributed by atoms with Crippen LogP contribution in [0.25, 0.3) is 0 Å². The molecule has 0 bridgehead atoms. The van der Waals surface area contributed by atoms with E-state index in [0.29, 0.717) is 5.75 Å². The standard InChI is InChI=1S/C17H20N2O6S.Na/c1-11(2)14-6-4-12(3)8-15(14)24-10-16(20)19-18-9-13-5-7-17(25-13)26(21,22)23;/h4-9,11H,10H2,1-3H3,(H,19,20)(H,21,22,23);/q;+1/p-1. The van der Waals surface area contributed by atoms with Gasteiger partial charge >= 0.3 is 29.6 Å². The average Bonchev–Trinajstić information content (AvgIpc) is 3.02. The number of hydrogen-bond donors (Lipinski definition) is 1. The molecule has 0 aliphatic carbocycles.